The van der Waals surface area contributed by atoms with Gasteiger partial charge in [0.25, 0.3) is 12.7 Å². The molecule has 0 saturated carbocycles. The summed E-state index contributed by atoms with van der Waals surface area (Å²) in [7, 11) is 0. The lowest BCUT2D eigenvalue weighted by molar-refractivity contribution is -0.573. The molecule has 7 rings (SSSR count). The van der Waals surface area contributed by atoms with E-state index in [2.05, 4.69) is 170 Å². The molecule has 0 amide bonds. The lowest BCUT2D eigenvalue weighted by Gasteiger charge is -2.12. The van der Waals surface area contributed by atoms with E-state index in [9.17, 15) is 0 Å². The number of aromatic nitrogens is 4. The Morgan fingerprint density at radius 3 is 1.67 bits per heavy atom. The average Bonchev–Trinajstić information content (AvgIpc) is 3.52. The van der Waals surface area contributed by atoms with E-state index in [0.717, 1.165) is 33.4 Å². The fraction of sp³-hybridized carbons (Fsp3) is 0.158. The lowest BCUT2D eigenvalue weighted by Crippen LogP contribution is -2.32. The molecule has 4 heteroatoms. The molecular weight excluding hydrogens is 512 g/mol. The highest BCUT2D eigenvalue weighted by molar-refractivity contribution is 5.77. The van der Waals surface area contributed by atoms with Crippen molar-refractivity contribution in [3.8, 4) is 22.7 Å². The predicted octanol–water partition coefficient (Wildman–Crippen LogP) is 7.58. The van der Waals surface area contributed by atoms with Crippen LogP contribution in [0.1, 0.15) is 33.4 Å². The van der Waals surface area contributed by atoms with Crippen molar-refractivity contribution in [3.63, 3.8) is 0 Å². The summed E-state index contributed by atoms with van der Waals surface area (Å²) < 4.78 is 8.76. The van der Waals surface area contributed by atoms with Crippen LogP contribution in [0.2, 0.25) is 0 Å². The van der Waals surface area contributed by atoms with Gasteiger partial charge in [-0.15, -0.1) is 0 Å². The third-order valence-corrected chi connectivity index (χ3v) is 8.19. The Hall–Kier alpha value is -4.96. The number of fused-ring (bicyclic) bond motifs is 2. The zero-order valence-electron chi connectivity index (χ0n) is 25.0. The fourth-order valence-electron chi connectivity index (χ4n) is 6.66. The van der Waals surface area contributed by atoms with Crippen LogP contribution in [-0.4, -0.2) is 9.13 Å². The third-order valence-electron chi connectivity index (χ3n) is 8.19. The van der Waals surface area contributed by atoms with Crippen LogP contribution in [0.4, 0.5) is 0 Å². The van der Waals surface area contributed by atoms with Crippen molar-refractivity contribution in [2.24, 2.45) is 0 Å². The molecule has 2 aromatic heterocycles. The Morgan fingerprint density at radius 2 is 1.02 bits per heavy atom. The number of hydrogen-bond acceptors (Lipinski definition) is 0. The second-order valence-electron chi connectivity index (χ2n) is 11.5. The van der Waals surface area contributed by atoms with Crippen LogP contribution in [0.15, 0.2) is 97.1 Å². The lowest BCUT2D eigenvalue weighted by atomic mass is 10.0. The van der Waals surface area contributed by atoms with E-state index in [4.69, 9.17) is 0 Å². The van der Waals surface area contributed by atoms with E-state index >= 15 is 0 Å². The van der Waals surface area contributed by atoms with Gasteiger partial charge in [-0.05, 0) is 69.9 Å². The highest BCUT2D eigenvalue weighted by Crippen LogP contribution is 2.26. The molecular formula is C38H34N4. The van der Waals surface area contributed by atoms with E-state index < -0.39 is 0 Å². The minimum atomic E-state index is 1.05. The summed E-state index contributed by atoms with van der Waals surface area (Å²) in [4.78, 5) is 0. The maximum Gasteiger partial charge on any atom is 0.269 e. The van der Waals surface area contributed by atoms with Gasteiger partial charge in [-0.1, -0.05) is 102 Å². The van der Waals surface area contributed by atoms with Gasteiger partial charge >= 0.3 is 0 Å². The molecule has 0 aliphatic carbocycles. The number of rotatable bonds is 4. The van der Waals surface area contributed by atoms with E-state index in [1.54, 1.807) is 0 Å². The van der Waals surface area contributed by atoms with Crippen molar-refractivity contribution < 1.29 is 9.13 Å². The van der Waals surface area contributed by atoms with Crippen molar-refractivity contribution in [2.45, 2.75) is 41.5 Å². The van der Waals surface area contributed by atoms with Crippen molar-refractivity contribution >= 4 is 22.1 Å². The van der Waals surface area contributed by atoms with E-state index in [0.29, 0.717) is 0 Å². The first-order valence-electron chi connectivity index (χ1n) is 14.5. The Kier molecular flexibility index (Phi) is 6.09. The quantitative estimate of drug-likeness (QED) is 0.160. The summed E-state index contributed by atoms with van der Waals surface area (Å²) in [5, 5.41) is 0. The van der Waals surface area contributed by atoms with Crippen LogP contribution in [0.3, 0.4) is 0 Å². The van der Waals surface area contributed by atoms with Gasteiger partial charge in [0.15, 0.2) is 0 Å². The first-order chi connectivity index (χ1) is 20.3. The fourth-order valence-corrected chi connectivity index (χ4v) is 6.66. The monoisotopic (exact) mass is 546 g/mol. The zero-order chi connectivity index (χ0) is 29.1. The molecule has 7 aromatic rings. The number of nitrogens with zero attached hydrogens (tertiary/aromatic N) is 4. The molecule has 4 nitrogen and oxygen atoms in total. The Balaban J connectivity index is 1.42. The van der Waals surface area contributed by atoms with Crippen LogP contribution in [0.25, 0.3) is 44.8 Å². The zero-order valence-corrected chi connectivity index (χ0v) is 25.0. The molecule has 0 saturated heterocycles. The number of imidazole rings is 2. The van der Waals surface area contributed by atoms with Crippen LogP contribution in [0, 0.1) is 54.2 Å². The summed E-state index contributed by atoms with van der Waals surface area (Å²) in [5.41, 5.74) is 16.4. The van der Waals surface area contributed by atoms with Crippen LogP contribution < -0.4 is 9.13 Å². The van der Waals surface area contributed by atoms with E-state index in [1.807, 2.05) is 0 Å². The van der Waals surface area contributed by atoms with Gasteiger partial charge in [0, 0.05) is 0 Å². The third kappa shape index (κ3) is 4.14. The SMILES string of the molecule is Cc1cc(C)c(-n2[c-][n+](-c3cccc(-n4[c-][n+](-c5c(C)cc(C)cc5C)c5ccccc54)c3)c3ccccc32)c(C)c1. The van der Waals surface area contributed by atoms with Crippen molar-refractivity contribution in [2.75, 3.05) is 0 Å². The Labute approximate surface area is 247 Å². The maximum absolute atomic E-state index is 3.70. The molecule has 0 spiro atoms. The highest BCUT2D eigenvalue weighted by atomic mass is 15.2. The van der Waals surface area contributed by atoms with Gasteiger partial charge < -0.3 is 0 Å². The van der Waals surface area contributed by atoms with Gasteiger partial charge in [-0.2, -0.15) is 0 Å². The summed E-state index contributed by atoms with van der Waals surface area (Å²) in [6.07, 6.45) is 7.40. The normalized spacial score (nSPS) is 11.6. The molecule has 0 unspecified atom stereocenters. The second kappa shape index (κ2) is 9.85. The minimum absolute atomic E-state index is 1.05. The molecule has 0 aliphatic rings. The van der Waals surface area contributed by atoms with E-state index in [-0.39, 0.29) is 0 Å². The van der Waals surface area contributed by atoms with Crippen LogP contribution in [0.5, 0.6) is 0 Å². The standard InChI is InChI=1S/C38H34N4/c1-25-18-27(3)37(28(4)19-25)41-23-39(33-14-7-9-16-35(33)41)31-12-11-13-32(22-31)40-24-42(36-17-10-8-15-34(36)40)38-29(5)20-26(2)21-30(38)6/h7-22H,1-6H3. The van der Waals surface area contributed by atoms with Crippen molar-refractivity contribution in [3.05, 3.63) is 143 Å². The number of benzene rings is 5. The molecule has 0 atom stereocenters. The molecule has 5 aromatic carbocycles. The summed E-state index contributed by atoms with van der Waals surface area (Å²) in [6, 6.07) is 34.7. The van der Waals surface area contributed by atoms with Crippen molar-refractivity contribution in [1.82, 2.24) is 9.13 Å². The van der Waals surface area contributed by atoms with Crippen LogP contribution >= 0.6 is 0 Å². The summed E-state index contributed by atoms with van der Waals surface area (Å²) in [5.74, 6) is 0. The molecule has 0 bridgehead atoms. The van der Waals surface area contributed by atoms with Crippen molar-refractivity contribution in [1.29, 1.82) is 0 Å². The smallest absolute Gasteiger partial charge is 0.269 e. The minimum Gasteiger partial charge on any atom is -0.292 e. The highest BCUT2D eigenvalue weighted by Gasteiger charge is 2.18. The largest absolute Gasteiger partial charge is 0.292 e. The molecule has 2 heterocycles. The van der Waals surface area contributed by atoms with Crippen LogP contribution in [-0.2, 0) is 0 Å². The predicted molar refractivity (Wildman–Crippen MR) is 169 cm³/mol. The maximum atomic E-state index is 3.70. The second-order valence-corrected chi connectivity index (χ2v) is 11.5. The number of para-hydroxylation sites is 4. The van der Waals surface area contributed by atoms with Gasteiger partial charge in [0.2, 0.25) is 0 Å². The van der Waals surface area contributed by atoms with Gasteiger partial charge in [0.1, 0.15) is 0 Å². The molecule has 0 radical (unpaired) electrons. The molecule has 0 fully saturated rings. The summed E-state index contributed by atoms with van der Waals surface area (Å²) in [6.45, 7) is 13.0. The molecule has 206 valence electrons. The molecule has 42 heavy (non-hydrogen) atoms. The average molecular weight is 547 g/mol. The Morgan fingerprint density at radius 1 is 0.500 bits per heavy atom. The van der Waals surface area contributed by atoms with E-state index in [1.165, 1.54) is 44.8 Å². The molecule has 0 aliphatic heterocycles. The number of hydrogen-bond donors (Lipinski definition) is 0. The Bertz CT molecular complexity index is 1960. The number of aryl methyl sites for hydroxylation is 6. The first-order valence-corrected chi connectivity index (χ1v) is 14.5. The van der Waals surface area contributed by atoms with Gasteiger partial charge in [-0.3, -0.25) is 18.3 Å². The first kappa shape index (κ1) is 26.0. The van der Waals surface area contributed by atoms with Gasteiger partial charge in [-0.25, -0.2) is 0 Å². The van der Waals surface area contributed by atoms with Gasteiger partial charge in [0.05, 0.1) is 44.8 Å². The summed E-state index contributed by atoms with van der Waals surface area (Å²) >= 11 is 0. The topological polar surface area (TPSA) is 17.6 Å². The molecule has 0 N–H and O–H groups in total.